The number of hydrogen-bond acceptors (Lipinski definition) is 2. The number of nitrogens with one attached hydrogen (secondary N) is 2. The van der Waals surface area contributed by atoms with Crippen molar-refractivity contribution < 1.29 is 5.11 Å². The first kappa shape index (κ1) is 12.4. The molecule has 0 aliphatic carbocycles. The summed E-state index contributed by atoms with van der Waals surface area (Å²) in [5.41, 5.74) is 8.22. The van der Waals surface area contributed by atoms with E-state index in [9.17, 15) is 5.11 Å². The molecule has 16 heavy (non-hydrogen) atoms. The molecule has 0 aliphatic rings. The number of benzene rings is 1. The van der Waals surface area contributed by atoms with Gasteiger partial charge in [-0.05, 0) is 36.5 Å². The Morgan fingerprint density at radius 3 is 2.75 bits per heavy atom. The van der Waals surface area contributed by atoms with Crippen LogP contribution in [-0.2, 0) is 12.8 Å². The molecule has 5 N–H and O–H groups in total. The number of hydrogen-bond donors (Lipinski definition) is 4. The standard InChI is InChI=1S/C12H19N3O/c1-3-10-7-9(4-5-15-12(13)14)6-8(2)11(10)16/h6-7,16H,3-5H2,1-2H3,(H4,13,14,15). The Labute approximate surface area is 96.0 Å². The molecule has 0 heterocycles. The topological polar surface area (TPSA) is 82.1 Å². The predicted molar refractivity (Wildman–Crippen MR) is 65.8 cm³/mol. The van der Waals surface area contributed by atoms with Crippen LogP contribution in [0.4, 0.5) is 0 Å². The van der Waals surface area contributed by atoms with Crippen molar-refractivity contribution in [3.05, 3.63) is 28.8 Å². The van der Waals surface area contributed by atoms with Crippen LogP contribution in [0.5, 0.6) is 5.75 Å². The maximum Gasteiger partial charge on any atom is 0.185 e. The molecule has 4 heteroatoms. The quantitative estimate of drug-likeness (QED) is 0.457. The summed E-state index contributed by atoms with van der Waals surface area (Å²) < 4.78 is 0. The molecule has 1 aromatic rings. The van der Waals surface area contributed by atoms with Gasteiger partial charge in [0.15, 0.2) is 5.96 Å². The van der Waals surface area contributed by atoms with Crippen molar-refractivity contribution in [2.24, 2.45) is 5.73 Å². The summed E-state index contributed by atoms with van der Waals surface area (Å²) >= 11 is 0. The molecule has 1 aromatic carbocycles. The maximum atomic E-state index is 9.77. The van der Waals surface area contributed by atoms with Gasteiger partial charge in [-0.2, -0.15) is 0 Å². The van der Waals surface area contributed by atoms with Crippen LogP contribution in [0, 0.1) is 12.3 Å². The highest BCUT2D eigenvalue weighted by molar-refractivity contribution is 5.74. The summed E-state index contributed by atoms with van der Waals surface area (Å²) in [7, 11) is 0. The van der Waals surface area contributed by atoms with Gasteiger partial charge in [-0.1, -0.05) is 19.1 Å². The van der Waals surface area contributed by atoms with Crippen LogP contribution in [0.25, 0.3) is 0 Å². The molecule has 1 rings (SSSR count). The van der Waals surface area contributed by atoms with Gasteiger partial charge in [-0.3, -0.25) is 5.41 Å². The van der Waals surface area contributed by atoms with Gasteiger partial charge in [0.1, 0.15) is 5.75 Å². The SMILES string of the molecule is CCc1cc(CCNC(=N)N)cc(C)c1O. The maximum absolute atomic E-state index is 9.77. The first-order chi connectivity index (χ1) is 7.54. The first-order valence-corrected chi connectivity index (χ1v) is 5.43. The molecule has 4 nitrogen and oxygen atoms in total. The zero-order chi connectivity index (χ0) is 12.1. The van der Waals surface area contributed by atoms with Gasteiger partial charge in [0.05, 0.1) is 0 Å². The van der Waals surface area contributed by atoms with Gasteiger partial charge >= 0.3 is 0 Å². The predicted octanol–water partition coefficient (Wildman–Crippen LogP) is 1.29. The number of aryl methyl sites for hydroxylation is 2. The van der Waals surface area contributed by atoms with Gasteiger partial charge in [-0.25, -0.2) is 0 Å². The fraction of sp³-hybridized carbons (Fsp3) is 0.417. The highest BCUT2D eigenvalue weighted by atomic mass is 16.3. The van der Waals surface area contributed by atoms with E-state index in [0.29, 0.717) is 12.3 Å². The average Bonchev–Trinajstić information content (AvgIpc) is 2.22. The van der Waals surface area contributed by atoms with Crippen LogP contribution in [0.1, 0.15) is 23.6 Å². The molecular weight excluding hydrogens is 202 g/mol. The van der Waals surface area contributed by atoms with Crippen molar-refractivity contribution in [2.45, 2.75) is 26.7 Å². The van der Waals surface area contributed by atoms with Gasteiger partial charge in [0.25, 0.3) is 0 Å². The molecule has 0 unspecified atom stereocenters. The first-order valence-electron chi connectivity index (χ1n) is 5.43. The van der Waals surface area contributed by atoms with E-state index in [1.807, 2.05) is 26.0 Å². The van der Waals surface area contributed by atoms with E-state index >= 15 is 0 Å². The molecule has 88 valence electrons. The Bertz CT molecular complexity index is 388. The minimum Gasteiger partial charge on any atom is -0.507 e. The third-order valence-corrected chi connectivity index (χ3v) is 2.55. The fourth-order valence-corrected chi connectivity index (χ4v) is 1.69. The molecule has 0 spiro atoms. The monoisotopic (exact) mass is 221 g/mol. The lowest BCUT2D eigenvalue weighted by Gasteiger charge is -2.10. The van der Waals surface area contributed by atoms with Gasteiger partial charge in [0, 0.05) is 6.54 Å². The van der Waals surface area contributed by atoms with E-state index in [1.165, 1.54) is 0 Å². The van der Waals surface area contributed by atoms with E-state index in [1.54, 1.807) is 0 Å². The van der Waals surface area contributed by atoms with Crippen molar-refractivity contribution >= 4 is 5.96 Å². The number of aromatic hydroxyl groups is 1. The van der Waals surface area contributed by atoms with Crippen LogP contribution < -0.4 is 11.1 Å². The van der Waals surface area contributed by atoms with Gasteiger partial charge in [-0.15, -0.1) is 0 Å². The summed E-state index contributed by atoms with van der Waals surface area (Å²) in [6.45, 7) is 4.56. The minimum atomic E-state index is -0.00813. The Balaban J connectivity index is 2.74. The summed E-state index contributed by atoms with van der Waals surface area (Å²) in [5, 5.41) is 19.6. The van der Waals surface area contributed by atoms with Gasteiger partial charge < -0.3 is 16.2 Å². The van der Waals surface area contributed by atoms with Crippen molar-refractivity contribution in [1.29, 1.82) is 5.41 Å². The van der Waals surface area contributed by atoms with Crippen LogP contribution in [0.3, 0.4) is 0 Å². The van der Waals surface area contributed by atoms with Crippen molar-refractivity contribution in [3.63, 3.8) is 0 Å². The Morgan fingerprint density at radius 1 is 1.50 bits per heavy atom. The molecule has 0 fully saturated rings. The van der Waals surface area contributed by atoms with Crippen molar-refractivity contribution in [1.82, 2.24) is 5.32 Å². The van der Waals surface area contributed by atoms with E-state index in [0.717, 1.165) is 29.5 Å². The van der Waals surface area contributed by atoms with Crippen LogP contribution in [0.2, 0.25) is 0 Å². The molecular formula is C12H19N3O. The summed E-state index contributed by atoms with van der Waals surface area (Å²) in [4.78, 5) is 0. The zero-order valence-electron chi connectivity index (χ0n) is 9.80. The van der Waals surface area contributed by atoms with Crippen LogP contribution in [0.15, 0.2) is 12.1 Å². The number of rotatable bonds is 4. The van der Waals surface area contributed by atoms with Crippen LogP contribution in [-0.4, -0.2) is 17.6 Å². The number of phenolic OH excluding ortho intramolecular Hbond substituents is 1. The van der Waals surface area contributed by atoms with E-state index in [2.05, 4.69) is 5.32 Å². The molecule has 0 aromatic heterocycles. The summed E-state index contributed by atoms with van der Waals surface area (Å²) in [5.74, 6) is 0.386. The zero-order valence-corrected chi connectivity index (χ0v) is 9.80. The third kappa shape index (κ3) is 3.15. The van der Waals surface area contributed by atoms with Crippen molar-refractivity contribution in [2.75, 3.05) is 6.54 Å². The lowest BCUT2D eigenvalue weighted by molar-refractivity contribution is 0.464. The van der Waals surface area contributed by atoms with E-state index in [-0.39, 0.29) is 5.96 Å². The second-order valence-corrected chi connectivity index (χ2v) is 3.86. The van der Waals surface area contributed by atoms with Crippen LogP contribution >= 0.6 is 0 Å². The van der Waals surface area contributed by atoms with E-state index < -0.39 is 0 Å². The van der Waals surface area contributed by atoms with Gasteiger partial charge in [0.2, 0.25) is 0 Å². The molecule has 0 amide bonds. The van der Waals surface area contributed by atoms with Crippen molar-refractivity contribution in [3.8, 4) is 5.75 Å². The minimum absolute atomic E-state index is 0.00813. The average molecular weight is 221 g/mol. The molecule has 0 aliphatic heterocycles. The summed E-state index contributed by atoms with van der Waals surface area (Å²) in [6.07, 6.45) is 1.62. The smallest absolute Gasteiger partial charge is 0.185 e. The second kappa shape index (κ2) is 5.39. The highest BCUT2D eigenvalue weighted by Gasteiger charge is 2.05. The second-order valence-electron chi connectivity index (χ2n) is 3.86. The number of guanidine groups is 1. The summed E-state index contributed by atoms with van der Waals surface area (Å²) in [6, 6.07) is 3.97. The Kier molecular flexibility index (Phi) is 4.17. The lowest BCUT2D eigenvalue weighted by atomic mass is 10.0. The third-order valence-electron chi connectivity index (χ3n) is 2.55. The van der Waals surface area contributed by atoms with E-state index in [4.69, 9.17) is 11.1 Å². The number of phenols is 1. The highest BCUT2D eigenvalue weighted by Crippen LogP contribution is 2.24. The fourth-order valence-electron chi connectivity index (χ4n) is 1.69. The molecule has 0 atom stereocenters. The molecule has 0 saturated heterocycles. The molecule has 0 radical (unpaired) electrons. The lowest BCUT2D eigenvalue weighted by Crippen LogP contribution is -2.31. The molecule has 0 bridgehead atoms. The molecule has 0 saturated carbocycles. The Morgan fingerprint density at radius 2 is 2.19 bits per heavy atom. The Hall–Kier alpha value is -1.71. The number of nitrogens with two attached hydrogens (primary N) is 1. The normalized spacial score (nSPS) is 10.1. The largest absolute Gasteiger partial charge is 0.507 e.